The van der Waals surface area contributed by atoms with Crippen LogP contribution >= 0.6 is 0 Å². The van der Waals surface area contributed by atoms with E-state index in [9.17, 15) is 9.90 Å². The third-order valence-corrected chi connectivity index (χ3v) is 4.16. The van der Waals surface area contributed by atoms with Gasteiger partial charge in [0.1, 0.15) is 6.04 Å². The van der Waals surface area contributed by atoms with Gasteiger partial charge in [0, 0.05) is 12.6 Å². The molecule has 2 fully saturated rings. The van der Waals surface area contributed by atoms with Crippen molar-refractivity contribution in [1.82, 2.24) is 10.2 Å². The lowest BCUT2D eigenvalue weighted by Crippen LogP contribution is -2.48. The smallest absolute Gasteiger partial charge is 0.322 e. The van der Waals surface area contributed by atoms with E-state index in [4.69, 9.17) is 0 Å². The Balaban J connectivity index is 1.72. The van der Waals surface area contributed by atoms with Crippen LogP contribution in [0.3, 0.4) is 0 Å². The van der Waals surface area contributed by atoms with E-state index in [0.29, 0.717) is 12.6 Å². The van der Waals surface area contributed by atoms with E-state index in [2.05, 4.69) is 17.1 Å². The first-order valence-corrected chi connectivity index (χ1v) is 7.40. The highest BCUT2D eigenvalue weighted by Gasteiger charge is 2.30. The minimum atomic E-state index is -0.697. The van der Waals surface area contributed by atoms with E-state index in [1.165, 1.54) is 25.7 Å². The van der Waals surface area contributed by atoms with E-state index in [1.54, 1.807) is 0 Å². The zero-order valence-electron chi connectivity index (χ0n) is 11.4. The van der Waals surface area contributed by atoms with Crippen LogP contribution in [0.25, 0.3) is 0 Å². The molecule has 1 unspecified atom stereocenters. The van der Waals surface area contributed by atoms with Crippen molar-refractivity contribution in [2.45, 2.75) is 57.5 Å². The zero-order chi connectivity index (χ0) is 13.0. The fraction of sp³-hybridized carbons (Fsp3) is 0.929. The van der Waals surface area contributed by atoms with Gasteiger partial charge in [-0.05, 0) is 44.7 Å². The second kappa shape index (κ2) is 6.53. The van der Waals surface area contributed by atoms with Gasteiger partial charge in [0.25, 0.3) is 0 Å². The molecule has 0 aromatic heterocycles. The maximum absolute atomic E-state index is 11.2. The highest BCUT2D eigenvalue weighted by molar-refractivity contribution is 5.73. The van der Waals surface area contributed by atoms with Gasteiger partial charge in [-0.2, -0.15) is 0 Å². The molecule has 0 amide bonds. The van der Waals surface area contributed by atoms with Gasteiger partial charge in [-0.15, -0.1) is 0 Å². The van der Waals surface area contributed by atoms with Gasteiger partial charge < -0.3 is 15.3 Å². The molecule has 4 nitrogen and oxygen atoms in total. The number of hydrogen-bond donors (Lipinski definition) is 2. The molecule has 1 saturated heterocycles. The molecule has 1 aliphatic heterocycles. The number of piperidine rings is 1. The highest BCUT2D eigenvalue weighted by Crippen LogP contribution is 2.23. The van der Waals surface area contributed by atoms with Gasteiger partial charge in [0.05, 0.1) is 0 Å². The van der Waals surface area contributed by atoms with Crippen molar-refractivity contribution in [3.8, 4) is 0 Å². The molecule has 1 heterocycles. The van der Waals surface area contributed by atoms with Crippen LogP contribution in [0.1, 0.15) is 45.4 Å². The third kappa shape index (κ3) is 4.25. The molecule has 0 radical (unpaired) electrons. The van der Waals surface area contributed by atoms with Crippen LogP contribution in [0.2, 0.25) is 0 Å². The molecule has 1 saturated carbocycles. The molecule has 2 aliphatic rings. The van der Waals surface area contributed by atoms with Crippen molar-refractivity contribution >= 4 is 5.97 Å². The van der Waals surface area contributed by atoms with Crippen molar-refractivity contribution in [3.05, 3.63) is 0 Å². The average molecular weight is 254 g/mol. The number of rotatable bonds is 7. The van der Waals surface area contributed by atoms with E-state index in [-0.39, 0.29) is 6.04 Å². The van der Waals surface area contributed by atoms with Gasteiger partial charge in [-0.1, -0.05) is 19.8 Å². The van der Waals surface area contributed by atoms with E-state index < -0.39 is 5.97 Å². The van der Waals surface area contributed by atoms with Crippen molar-refractivity contribution in [3.63, 3.8) is 0 Å². The van der Waals surface area contributed by atoms with Crippen LogP contribution in [0.4, 0.5) is 0 Å². The molecule has 104 valence electrons. The number of carboxylic acid groups (broad SMARTS) is 1. The molecular weight excluding hydrogens is 228 g/mol. The Morgan fingerprint density at radius 2 is 2.00 bits per heavy atom. The summed E-state index contributed by atoms with van der Waals surface area (Å²) in [4.78, 5) is 13.5. The highest BCUT2D eigenvalue weighted by atomic mass is 16.4. The lowest BCUT2D eigenvalue weighted by molar-refractivity contribution is -0.140. The topological polar surface area (TPSA) is 52.6 Å². The minimum absolute atomic E-state index is 0.375. The van der Waals surface area contributed by atoms with Crippen LogP contribution in [-0.2, 0) is 4.79 Å². The standard InChI is InChI=1S/C14H26N2O2/c1-2-3-11-6-8-16(9-7-11)10-13(14(17)18)15-12-4-5-12/h11-13,15H,2-10H2,1H3,(H,17,18). The summed E-state index contributed by atoms with van der Waals surface area (Å²) in [6.45, 7) is 5.05. The summed E-state index contributed by atoms with van der Waals surface area (Å²) < 4.78 is 0. The van der Waals surface area contributed by atoms with Crippen LogP contribution in [0.5, 0.6) is 0 Å². The van der Waals surface area contributed by atoms with Crippen LogP contribution in [0.15, 0.2) is 0 Å². The Kier molecular flexibility index (Phi) is 5.01. The van der Waals surface area contributed by atoms with Crippen molar-refractivity contribution in [2.24, 2.45) is 5.92 Å². The summed E-state index contributed by atoms with van der Waals surface area (Å²) in [6, 6.07) is 0.0870. The molecule has 0 aromatic rings. The number of hydrogen-bond acceptors (Lipinski definition) is 3. The second-order valence-corrected chi connectivity index (χ2v) is 5.86. The van der Waals surface area contributed by atoms with Crippen LogP contribution in [-0.4, -0.2) is 47.7 Å². The first-order chi connectivity index (χ1) is 8.69. The number of aliphatic carboxylic acids is 1. The predicted octanol–water partition coefficient (Wildman–Crippen LogP) is 1.70. The van der Waals surface area contributed by atoms with Crippen LogP contribution in [0, 0.1) is 5.92 Å². The number of carbonyl (C=O) groups is 1. The number of carboxylic acids is 1. The monoisotopic (exact) mass is 254 g/mol. The molecule has 1 atom stereocenters. The molecule has 2 N–H and O–H groups in total. The lowest BCUT2D eigenvalue weighted by Gasteiger charge is -2.33. The first-order valence-electron chi connectivity index (χ1n) is 7.40. The zero-order valence-corrected chi connectivity index (χ0v) is 11.4. The molecular formula is C14H26N2O2. The fourth-order valence-corrected chi connectivity index (χ4v) is 2.86. The normalized spacial score (nSPS) is 24.1. The fourth-order valence-electron chi connectivity index (χ4n) is 2.86. The van der Waals surface area contributed by atoms with Crippen LogP contribution < -0.4 is 5.32 Å². The summed E-state index contributed by atoms with van der Waals surface area (Å²) in [5.41, 5.74) is 0. The summed E-state index contributed by atoms with van der Waals surface area (Å²) in [7, 11) is 0. The molecule has 0 spiro atoms. The Morgan fingerprint density at radius 1 is 1.33 bits per heavy atom. The van der Waals surface area contributed by atoms with Crippen molar-refractivity contribution < 1.29 is 9.90 Å². The Bertz CT molecular complexity index is 271. The van der Waals surface area contributed by atoms with Crippen molar-refractivity contribution in [2.75, 3.05) is 19.6 Å². The molecule has 1 aliphatic carbocycles. The maximum atomic E-state index is 11.2. The lowest BCUT2D eigenvalue weighted by atomic mass is 9.92. The number of nitrogens with zero attached hydrogens (tertiary/aromatic N) is 1. The molecule has 2 rings (SSSR count). The predicted molar refractivity (Wildman–Crippen MR) is 71.7 cm³/mol. The quantitative estimate of drug-likeness (QED) is 0.726. The first kappa shape index (κ1) is 13.8. The number of nitrogens with one attached hydrogen (secondary N) is 1. The summed E-state index contributed by atoms with van der Waals surface area (Å²) >= 11 is 0. The largest absolute Gasteiger partial charge is 0.480 e. The Labute approximate surface area is 110 Å². The van der Waals surface area contributed by atoms with Gasteiger partial charge in [-0.3, -0.25) is 4.79 Å². The molecule has 4 heteroatoms. The number of likely N-dealkylation sites (tertiary alicyclic amines) is 1. The third-order valence-electron chi connectivity index (χ3n) is 4.16. The SMILES string of the molecule is CCCC1CCN(CC(NC2CC2)C(=O)O)CC1. The minimum Gasteiger partial charge on any atom is -0.480 e. The van der Waals surface area contributed by atoms with E-state index in [0.717, 1.165) is 31.8 Å². The van der Waals surface area contributed by atoms with Crippen molar-refractivity contribution in [1.29, 1.82) is 0 Å². The van der Waals surface area contributed by atoms with Gasteiger partial charge >= 0.3 is 5.97 Å². The van der Waals surface area contributed by atoms with Gasteiger partial charge in [0.2, 0.25) is 0 Å². The van der Waals surface area contributed by atoms with E-state index >= 15 is 0 Å². The van der Waals surface area contributed by atoms with E-state index in [1.807, 2.05) is 0 Å². The Morgan fingerprint density at radius 3 is 2.50 bits per heavy atom. The second-order valence-electron chi connectivity index (χ2n) is 5.86. The maximum Gasteiger partial charge on any atom is 0.322 e. The Hall–Kier alpha value is -0.610. The van der Waals surface area contributed by atoms with Gasteiger partial charge in [-0.25, -0.2) is 0 Å². The molecule has 18 heavy (non-hydrogen) atoms. The molecule has 0 bridgehead atoms. The molecule has 0 aromatic carbocycles. The van der Waals surface area contributed by atoms with Gasteiger partial charge in [0.15, 0.2) is 0 Å². The summed E-state index contributed by atoms with van der Waals surface area (Å²) in [5, 5.41) is 12.5. The summed E-state index contributed by atoms with van der Waals surface area (Å²) in [6.07, 6.45) is 7.36. The summed E-state index contributed by atoms with van der Waals surface area (Å²) in [5.74, 6) is 0.170. The average Bonchev–Trinajstić information content (AvgIpc) is 3.15.